The average molecular weight is 256 g/mol. The highest BCUT2D eigenvalue weighted by Crippen LogP contribution is 2.16. The molecule has 1 aromatic carbocycles. The van der Waals surface area contributed by atoms with Gasteiger partial charge in [-0.3, -0.25) is 0 Å². The highest BCUT2D eigenvalue weighted by Gasteiger charge is 2.08. The molecule has 0 saturated carbocycles. The first-order valence-electron chi connectivity index (χ1n) is 7.26. The topological polar surface area (TPSA) is 17.0 Å². The third-order valence-electron chi connectivity index (χ3n) is 3.46. The summed E-state index contributed by atoms with van der Waals surface area (Å²) < 4.78 is 2.26. The fourth-order valence-electron chi connectivity index (χ4n) is 2.42. The summed E-state index contributed by atoms with van der Waals surface area (Å²) in [7, 11) is 0. The van der Waals surface area contributed by atoms with E-state index in [1.54, 1.807) is 0 Å². The Bertz CT molecular complexity index is 473. The number of nitrogens with zero attached hydrogens (tertiary/aromatic N) is 1. The van der Waals surface area contributed by atoms with E-state index in [-0.39, 0.29) is 0 Å². The van der Waals surface area contributed by atoms with Gasteiger partial charge in [0.2, 0.25) is 0 Å². The first-order valence-corrected chi connectivity index (χ1v) is 7.26. The molecule has 0 spiro atoms. The molecule has 2 rings (SSSR count). The van der Waals surface area contributed by atoms with E-state index >= 15 is 0 Å². The summed E-state index contributed by atoms with van der Waals surface area (Å²) in [5, 5.41) is 3.64. The van der Waals surface area contributed by atoms with Crippen LogP contribution >= 0.6 is 0 Å². The van der Waals surface area contributed by atoms with E-state index in [1.165, 1.54) is 17.5 Å². The van der Waals surface area contributed by atoms with Crippen LogP contribution < -0.4 is 5.32 Å². The predicted octanol–water partition coefficient (Wildman–Crippen LogP) is 4.14. The number of hydrogen-bond acceptors (Lipinski definition) is 1. The summed E-state index contributed by atoms with van der Waals surface area (Å²) in [6.07, 6.45) is 6.71. The molecule has 0 bridgehead atoms. The third-order valence-corrected chi connectivity index (χ3v) is 3.46. The lowest BCUT2D eigenvalue weighted by Gasteiger charge is -2.17. The Morgan fingerprint density at radius 3 is 2.58 bits per heavy atom. The van der Waals surface area contributed by atoms with E-state index in [4.69, 9.17) is 0 Å². The summed E-state index contributed by atoms with van der Waals surface area (Å²) in [4.78, 5) is 0. The standard InChI is InChI=1S/C17H24N2/c1-3-11-19-12-10-15(14-19)13-18-17(4-2)16-8-6-5-7-9-16/h5-10,12,14,17-18H,3-4,11,13H2,1-2H3. The maximum absolute atomic E-state index is 3.64. The van der Waals surface area contributed by atoms with Gasteiger partial charge >= 0.3 is 0 Å². The second-order valence-electron chi connectivity index (χ2n) is 5.01. The zero-order valence-corrected chi connectivity index (χ0v) is 12.0. The van der Waals surface area contributed by atoms with Gasteiger partial charge in [-0.05, 0) is 30.0 Å². The van der Waals surface area contributed by atoms with Gasteiger partial charge in [-0.25, -0.2) is 0 Å². The van der Waals surface area contributed by atoms with Crippen LogP contribution in [0.2, 0.25) is 0 Å². The molecule has 102 valence electrons. The van der Waals surface area contributed by atoms with Crippen LogP contribution in [0.5, 0.6) is 0 Å². The molecule has 0 aliphatic carbocycles. The maximum Gasteiger partial charge on any atom is 0.0320 e. The van der Waals surface area contributed by atoms with Gasteiger partial charge in [0.05, 0.1) is 0 Å². The van der Waals surface area contributed by atoms with Crippen LogP contribution in [0.3, 0.4) is 0 Å². The molecule has 19 heavy (non-hydrogen) atoms. The largest absolute Gasteiger partial charge is 0.354 e. The van der Waals surface area contributed by atoms with Crippen LogP contribution in [0.1, 0.15) is 43.9 Å². The molecular weight excluding hydrogens is 232 g/mol. The number of benzene rings is 1. The van der Waals surface area contributed by atoms with Crippen molar-refractivity contribution in [2.24, 2.45) is 0 Å². The van der Waals surface area contributed by atoms with Gasteiger partial charge in [0.25, 0.3) is 0 Å². The van der Waals surface area contributed by atoms with Crippen LogP contribution in [0.25, 0.3) is 0 Å². The van der Waals surface area contributed by atoms with Gasteiger partial charge in [0.15, 0.2) is 0 Å². The zero-order chi connectivity index (χ0) is 13.5. The molecule has 1 aromatic heterocycles. The van der Waals surface area contributed by atoms with Crippen LogP contribution in [-0.4, -0.2) is 4.57 Å². The van der Waals surface area contributed by atoms with Gasteiger partial charge in [0.1, 0.15) is 0 Å². The maximum atomic E-state index is 3.64. The fourth-order valence-corrected chi connectivity index (χ4v) is 2.42. The molecule has 1 unspecified atom stereocenters. The van der Waals surface area contributed by atoms with Crippen molar-refractivity contribution >= 4 is 0 Å². The normalized spacial score (nSPS) is 12.5. The molecule has 1 N–H and O–H groups in total. The average Bonchev–Trinajstić information content (AvgIpc) is 2.89. The third kappa shape index (κ3) is 3.97. The molecule has 0 fully saturated rings. The van der Waals surface area contributed by atoms with Crippen LogP contribution in [0.4, 0.5) is 0 Å². The monoisotopic (exact) mass is 256 g/mol. The lowest BCUT2D eigenvalue weighted by atomic mass is 10.0. The number of aryl methyl sites for hydroxylation is 1. The predicted molar refractivity (Wildman–Crippen MR) is 81.0 cm³/mol. The van der Waals surface area contributed by atoms with Crippen LogP contribution in [0.15, 0.2) is 48.8 Å². The quantitative estimate of drug-likeness (QED) is 0.788. The Labute approximate surface area is 116 Å². The Kier molecular flexibility index (Phi) is 5.22. The van der Waals surface area contributed by atoms with Crippen molar-refractivity contribution in [3.8, 4) is 0 Å². The second kappa shape index (κ2) is 7.15. The van der Waals surface area contributed by atoms with Crippen molar-refractivity contribution in [1.29, 1.82) is 0 Å². The SMILES string of the molecule is CCCn1ccc(CNC(CC)c2ccccc2)c1. The first kappa shape index (κ1) is 13.9. The zero-order valence-electron chi connectivity index (χ0n) is 12.0. The smallest absolute Gasteiger partial charge is 0.0320 e. The molecule has 1 heterocycles. The minimum Gasteiger partial charge on any atom is -0.354 e. The number of aromatic nitrogens is 1. The van der Waals surface area contributed by atoms with Crippen molar-refractivity contribution in [3.05, 3.63) is 59.9 Å². The van der Waals surface area contributed by atoms with E-state index in [0.29, 0.717) is 6.04 Å². The minimum atomic E-state index is 0.440. The van der Waals surface area contributed by atoms with Gasteiger partial charge in [-0.15, -0.1) is 0 Å². The van der Waals surface area contributed by atoms with Gasteiger partial charge < -0.3 is 9.88 Å². The molecule has 0 aliphatic heterocycles. The number of nitrogens with one attached hydrogen (secondary N) is 1. The Morgan fingerprint density at radius 1 is 1.11 bits per heavy atom. The van der Waals surface area contributed by atoms with Crippen molar-refractivity contribution in [2.75, 3.05) is 0 Å². The number of hydrogen-bond donors (Lipinski definition) is 1. The van der Waals surface area contributed by atoms with Gasteiger partial charge in [-0.1, -0.05) is 44.2 Å². The highest BCUT2D eigenvalue weighted by molar-refractivity contribution is 5.19. The minimum absolute atomic E-state index is 0.440. The molecule has 0 amide bonds. The lowest BCUT2D eigenvalue weighted by Crippen LogP contribution is -2.19. The van der Waals surface area contributed by atoms with Gasteiger partial charge in [0, 0.05) is 31.5 Å². The van der Waals surface area contributed by atoms with E-state index < -0.39 is 0 Å². The van der Waals surface area contributed by atoms with Crippen molar-refractivity contribution in [3.63, 3.8) is 0 Å². The Morgan fingerprint density at radius 2 is 1.89 bits per heavy atom. The summed E-state index contributed by atoms with van der Waals surface area (Å²) in [5.74, 6) is 0. The van der Waals surface area contributed by atoms with Crippen molar-refractivity contribution in [1.82, 2.24) is 9.88 Å². The summed E-state index contributed by atoms with van der Waals surface area (Å²) in [6, 6.07) is 13.3. The van der Waals surface area contributed by atoms with E-state index in [1.807, 2.05) is 0 Å². The molecule has 2 nitrogen and oxygen atoms in total. The van der Waals surface area contributed by atoms with E-state index in [0.717, 1.165) is 19.5 Å². The molecule has 0 saturated heterocycles. The second-order valence-corrected chi connectivity index (χ2v) is 5.01. The molecule has 0 radical (unpaired) electrons. The molecule has 1 atom stereocenters. The molecule has 2 heteroatoms. The summed E-state index contributed by atoms with van der Waals surface area (Å²) in [6.45, 7) is 6.48. The summed E-state index contributed by atoms with van der Waals surface area (Å²) >= 11 is 0. The van der Waals surface area contributed by atoms with E-state index in [2.05, 4.69) is 72.5 Å². The van der Waals surface area contributed by atoms with Crippen LogP contribution in [-0.2, 0) is 13.1 Å². The first-order chi connectivity index (χ1) is 9.33. The van der Waals surface area contributed by atoms with Crippen molar-refractivity contribution in [2.45, 2.75) is 45.8 Å². The number of rotatable bonds is 7. The van der Waals surface area contributed by atoms with Crippen molar-refractivity contribution < 1.29 is 0 Å². The molecular formula is C17H24N2. The van der Waals surface area contributed by atoms with E-state index in [9.17, 15) is 0 Å². The fraction of sp³-hybridized carbons (Fsp3) is 0.412. The van der Waals surface area contributed by atoms with Crippen LogP contribution in [0, 0.1) is 0 Å². The lowest BCUT2D eigenvalue weighted by molar-refractivity contribution is 0.518. The Hall–Kier alpha value is -1.54. The Balaban J connectivity index is 1.92. The summed E-state index contributed by atoms with van der Waals surface area (Å²) in [5.41, 5.74) is 2.74. The molecule has 2 aromatic rings. The molecule has 0 aliphatic rings. The highest BCUT2D eigenvalue weighted by atomic mass is 15.0. The van der Waals surface area contributed by atoms with Gasteiger partial charge in [-0.2, -0.15) is 0 Å².